The lowest BCUT2D eigenvalue weighted by Gasteiger charge is -2.22. The van der Waals surface area contributed by atoms with Crippen molar-refractivity contribution in [2.24, 2.45) is 0 Å². The molecule has 0 aliphatic rings. The van der Waals surface area contributed by atoms with Crippen LogP contribution in [0.25, 0.3) is 5.69 Å². The Kier molecular flexibility index (Phi) is 5.34. The minimum Gasteiger partial charge on any atom is -0.459 e. The molecule has 2 aromatic rings. The molecule has 0 radical (unpaired) electrons. The monoisotopic (exact) mass is 361 g/mol. The van der Waals surface area contributed by atoms with Crippen molar-refractivity contribution in [3.63, 3.8) is 0 Å². The van der Waals surface area contributed by atoms with Gasteiger partial charge in [-0.15, -0.1) is 0 Å². The van der Waals surface area contributed by atoms with Crippen molar-refractivity contribution in [2.75, 3.05) is 13.6 Å². The quantitative estimate of drug-likeness (QED) is 0.450. The van der Waals surface area contributed by atoms with Crippen LogP contribution in [0.5, 0.6) is 0 Å². The van der Waals surface area contributed by atoms with E-state index in [2.05, 4.69) is 10.1 Å². The molecule has 138 valence electrons. The van der Waals surface area contributed by atoms with Crippen LogP contribution < -0.4 is 0 Å². The Balaban J connectivity index is 2.22. The average molecular weight is 361 g/mol. The van der Waals surface area contributed by atoms with Crippen LogP contribution in [-0.4, -0.2) is 55.7 Å². The lowest BCUT2D eigenvalue weighted by molar-refractivity contribution is -0.384. The van der Waals surface area contributed by atoms with E-state index in [0.717, 1.165) is 11.0 Å². The molecule has 0 unspecified atom stereocenters. The number of carbonyl (C=O) groups excluding carboxylic acids is 2. The molecule has 1 heterocycles. The second-order valence-corrected chi connectivity index (χ2v) is 6.55. The SMILES string of the molecule is CN(CC(=O)OC(C)(C)C)C(=O)c1ccc(-n2cncn2)c([N+](=O)[O-])c1. The largest absolute Gasteiger partial charge is 0.459 e. The third-order valence-corrected chi connectivity index (χ3v) is 3.22. The molecule has 0 spiro atoms. The van der Waals surface area contributed by atoms with E-state index in [0.29, 0.717) is 0 Å². The van der Waals surface area contributed by atoms with E-state index in [9.17, 15) is 19.7 Å². The van der Waals surface area contributed by atoms with E-state index in [-0.39, 0.29) is 23.5 Å². The van der Waals surface area contributed by atoms with Crippen molar-refractivity contribution in [3.05, 3.63) is 46.5 Å². The van der Waals surface area contributed by atoms with Gasteiger partial charge < -0.3 is 9.64 Å². The normalized spacial score (nSPS) is 11.1. The van der Waals surface area contributed by atoms with Gasteiger partial charge in [-0.05, 0) is 32.9 Å². The van der Waals surface area contributed by atoms with Crippen molar-refractivity contribution >= 4 is 17.6 Å². The van der Waals surface area contributed by atoms with E-state index >= 15 is 0 Å². The van der Waals surface area contributed by atoms with E-state index in [1.54, 1.807) is 20.8 Å². The minimum absolute atomic E-state index is 0.0756. The summed E-state index contributed by atoms with van der Waals surface area (Å²) in [5.41, 5.74) is -0.711. The first-order valence-electron chi connectivity index (χ1n) is 7.69. The molecule has 0 saturated heterocycles. The summed E-state index contributed by atoms with van der Waals surface area (Å²) in [7, 11) is 1.42. The molecule has 1 aromatic carbocycles. The van der Waals surface area contributed by atoms with Crippen LogP contribution in [0.1, 0.15) is 31.1 Å². The number of esters is 1. The molecule has 0 N–H and O–H groups in total. The molecule has 0 saturated carbocycles. The number of nitro benzene ring substituents is 1. The number of aromatic nitrogens is 3. The van der Waals surface area contributed by atoms with Crippen molar-refractivity contribution < 1.29 is 19.2 Å². The van der Waals surface area contributed by atoms with Crippen LogP contribution in [0.15, 0.2) is 30.9 Å². The van der Waals surface area contributed by atoms with Gasteiger partial charge in [0.2, 0.25) is 0 Å². The molecular weight excluding hydrogens is 342 g/mol. The number of benzene rings is 1. The molecule has 1 amide bonds. The van der Waals surface area contributed by atoms with Gasteiger partial charge in [-0.25, -0.2) is 9.67 Å². The summed E-state index contributed by atoms with van der Waals surface area (Å²) in [6.07, 6.45) is 2.57. The fraction of sp³-hybridized carbons (Fsp3) is 0.375. The Bertz CT molecular complexity index is 826. The lowest BCUT2D eigenvalue weighted by atomic mass is 10.1. The summed E-state index contributed by atoms with van der Waals surface area (Å²) in [4.78, 5) is 39.9. The summed E-state index contributed by atoms with van der Waals surface area (Å²) >= 11 is 0. The van der Waals surface area contributed by atoms with Crippen molar-refractivity contribution in [1.29, 1.82) is 0 Å². The molecule has 10 heteroatoms. The predicted molar refractivity (Wildman–Crippen MR) is 90.8 cm³/mol. The average Bonchev–Trinajstić information content (AvgIpc) is 3.05. The Morgan fingerprint density at radius 2 is 2.04 bits per heavy atom. The number of ether oxygens (including phenoxy) is 1. The molecule has 2 rings (SSSR count). The maximum Gasteiger partial charge on any atom is 0.326 e. The van der Waals surface area contributed by atoms with Gasteiger partial charge in [0, 0.05) is 18.7 Å². The van der Waals surface area contributed by atoms with E-state index < -0.39 is 22.4 Å². The third kappa shape index (κ3) is 4.62. The van der Waals surface area contributed by atoms with Crippen LogP contribution in [-0.2, 0) is 9.53 Å². The van der Waals surface area contributed by atoms with Gasteiger partial charge in [-0.2, -0.15) is 5.10 Å². The molecule has 26 heavy (non-hydrogen) atoms. The van der Waals surface area contributed by atoms with Gasteiger partial charge in [-0.1, -0.05) is 0 Å². The number of rotatable bonds is 5. The topological polar surface area (TPSA) is 120 Å². The third-order valence-electron chi connectivity index (χ3n) is 3.22. The maximum atomic E-state index is 12.5. The Morgan fingerprint density at radius 3 is 2.58 bits per heavy atom. The van der Waals surface area contributed by atoms with Gasteiger partial charge in [0.15, 0.2) is 0 Å². The van der Waals surface area contributed by atoms with Crippen molar-refractivity contribution in [1.82, 2.24) is 19.7 Å². The van der Waals surface area contributed by atoms with Gasteiger partial charge >= 0.3 is 5.97 Å². The highest BCUT2D eigenvalue weighted by molar-refractivity contribution is 5.96. The molecule has 1 aromatic heterocycles. The molecule has 0 aliphatic heterocycles. The molecule has 0 bridgehead atoms. The number of nitro groups is 1. The zero-order valence-corrected chi connectivity index (χ0v) is 14.9. The Hall–Kier alpha value is -3.30. The summed E-state index contributed by atoms with van der Waals surface area (Å²) in [6, 6.07) is 3.98. The molecule has 0 aliphatic carbocycles. The highest BCUT2D eigenvalue weighted by atomic mass is 16.6. The number of nitrogens with zero attached hydrogens (tertiary/aromatic N) is 5. The van der Waals surface area contributed by atoms with Crippen molar-refractivity contribution in [2.45, 2.75) is 26.4 Å². The first-order valence-corrected chi connectivity index (χ1v) is 7.69. The molecule has 0 fully saturated rings. The van der Waals surface area contributed by atoms with Gasteiger partial charge in [-0.3, -0.25) is 19.7 Å². The molecular formula is C16H19N5O5. The smallest absolute Gasteiger partial charge is 0.326 e. The summed E-state index contributed by atoms with van der Waals surface area (Å²) in [5, 5.41) is 15.2. The van der Waals surface area contributed by atoms with Crippen LogP contribution in [0, 0.1) is 10.1 Å². The number of hydrogen-bond donors (Lipinski definition) is 0. The standard InChI is InChI=1S/C16H19N5O5/c1-16(2,3)26-14(22)8-19(4)15(23)11-5-6-12(13(7-11)21(24)25)20-10-17-9-18-20/h5-7,9-10H,8H2,1-4H3. The second-order valence-electron chi connectivity index (χ2n) is 6.55. The molecule has 10 nitrogen and oxygen atoms in total. The maximum absolute atomic E-state index is 12.5. The highest BCUT2D eigenvalue weighted by Gasteiger charge is 2.23. The first kappa shape index (κ1) is 19.0. The predicted octanol–water partition coefficient (Wildman–Crippen LogP) is 1.59. The summed E-state index contributed by atoms with van der Waals surface area (Å²) < 4.78 is 6.40. The fourth-order valence-corrected chi connectivity index (χ4v) is 2.19. The zero-order chi connectivity index (χ0) is 19.5. The fourth-order valence-electron chi connectivity index (χ4n) is 2.19. The minimum atomic E-state index is -0.667. The van der Waals surface area contributed by atoms with Gasteiger partial charge in [0.1, 0.15) is 30.5 Å². The van der Waals surface area contributed by atoms with Gasteiger partial charge in [0.25, 0.3) is 11.6 Å². The molecule has 0 atom stereocenters. The van der Waals surface area contributed by atoms with Gasteiger partial charge in [0.05, 0.1) is 4.92 Å². The van der Waals surface area contributed by atoms with E-state index in [1.807, 2.05) is 0 Å². The van der Waals surface area contributed by atoms with Crippen LogP contribution in [0.3, 0.4) is 0 Å². The summed E-state index contributed by atoms with van der Waals surface area (Å²) in [5.74, 6) is -1.11. The van der Waals surface area contributed by atoms with Crippen LogP contribution in [0.2, 0.25) is 0 Å². The van der Waals surface area contributed by atoms with Crippen molar-refractivity contribution in [3.8, 4) is 5.69 Å². The zero-order valence-electron chi connectivity index (χ0n) is 14.9. The lowest BCUT2D eigenvalue weighted by Crippen LogP contribution is -2.36. The highest BCUT2D eigenvalue weighted by Crippen LogP contribution is 2.24. The van der Waals surface area contributed by atoms with Crippen LogP contribution in [0.4, 0.5) is 5.69 Å². The van der Waals surface area contributed by atoms with E-state index in [1.165, 1.54) is 36.5 Å². The number of amides is 1. The number of carbonyl (C=O) groups is 2. The van der Waals surface area contributed by atoms with Crippen LogP contribution >= 0.6 is 0 Å². The second kappa shape index (κ2) is 7.30. The summed E-state index contributed by atoms with van der Waals surface area (Å²) in [6.45, 7) is 4.89. The Morgan fingerprint density at radius 1 is 1.35 bits per heavy atom. The number of likely N-dealkylation sites (N-methyl/N-ethyl adjacent to an activating group) is 1. The Labute approximate surface area is 149 Å². The van der Waals surface area contributed by atoms with E-state index in [4.69, 9.17) is 4.74 Å². The number of hydrogen-bond acceptors (Lipinski definition) is 7. The first-order chi connectivity index (χ1) is 12.1.